The third kappa shape index (κ3) is 6.13. The predicted molar refractivity (Wildman–Crippen MR) is 141 cm³/mol. The molecule has 1 amide bonds. The molecule has 1 N–H and O–H groups in total. The molecule has 3 aromatic rings. The SMILES string of the molecule is COc1cc(-c2nc3ccc(OC4CCN(C(C)C)CC4)cc3cc2CC(=O)NC(C)C)ccc1F. The van der Waals surface area contributed by atoms with Crippen molar-refractivity contribution < 1.29 is 18.7 Å². The van der Waals surface area contributed by atoms with E-state index in [2.05, 4.69) is 24.1 Å². The third-order valence-electron chi connectivity index (χ3n) is 6.60. The zero-order valence-corrected chi connectivity index (χ0v) is 21.8. The highest BCUT2D eigenvalue weighted by Crippen LogP contribution is 2.32. The number of aromatic nitrogens is 1. The fraction of sp³-hybridized carbons (Fsp3) is 0.448. The van der Waals surface area contributed by atoms with Crippen LogP contribution in [-0.4, -0.2) is 54.2 Å². The minimum Gasteiger partial charge on any atom is -0.494 e. The van der Waals surface area contributed by atoms with Gasteiger partial charge in [-0.3, -0.25) is 4.79 Å². The summed E-state index contributed by atoms with van der Waals surface area (Å²) >= 11 is 0. The van der Waals surface area contributed by atoms with Gasteiger partial charge in [0.05, 0.1) is 24.7 Å². The maximum atomic E-state index is 14.1. The first kappa shape index (κ1) is 25.9. The molecule has 36 heavy (non-hydrogen) atoms. The molecule has 0 unspecified atom stereocenters. The van der Waals surface area contributed by atoms with E-state index in [9.17, 15) is 9.18 Å². The number of ether oxygens (including phenoxy) is 2. The van der Waals surface area contributed by atoms with Crippen molar-refractivity contribution in [3.63, 3.8) is 0 Å². The number of pyridine rings is 1. The summed E-state index contributed by atoms with van der Waals surface area (Å²) in [7, 11) is 1.43. The molecule has 192 valence electrons. The molecule has 1 fully saturated rings. The topological polar surface area (TPSA) is 63.7 Å². The number of nitrogens with one attached hydrogen (secondary N) is 1. The molecule has 0 radical (unpaired) electrons. The number of nitrogens with zero attached hydrogens (tertiary/aromatic N) is 2. The number of benzene rings is 2. The van der Waals surface area contributed by atoms with E-state index < -0.39 is 5.82 Å². The van der Waals surface area contributed by atoms with E-state index in [1.807, 2.05) is 38.1 Å². The van der Waals surface area contributed by atoms with Gasteiger partial charge in [0.1, 0.15) is 11.9 Å². The third-order valence-corrected chi connectivity index (χ3v) is 6.60. The lowest BCUT2D eigenvalue weighted by Crippen LogP contribution is -2.41. The molecule has 1 aliphatic rings. The maximum absolute atomic E-state index is 14.1. The van der Waals surface area contributed by atoms with Crippen LogP contribution >= 0.6 is 0 Å². The smallest absolute Gasteiger partial charge is 0.224 e. The zero-order chi connectivity index (χ0) is 25.8. The van der Waals surface area contributed by atoms with Crippen molar-refractivity contribution in [1.82, 2.24) is 15.2 Å². The van der Waals surface area contributed by atoms with E-state index >= 15 is 0 Å². The average molecular weight is 494 g/mol. The van der Waals surface area contributed by atoms with Crippen molar-refractivity contribution in [3.8, 4) is 22.8 Å². The van der Waals surface area contributed by atoms with Gasteiger partial charge in [-0.25, -0.2) is 9.37 Å². The highest BCUT2D eigenvalue weighted by atomic mass is 19.1. The fourth-order valence-corrected chi connectivity index (χ4v) is 4.71. The predicted octanol–water partition coefficient (Wildman–Crippen LogP) is 5.37. The lowest BCUT2D eigenvalue weighted by atomic mass is 10.00. The highest BCUT2D eigenvalue weighted by Gasteiger charge is 2.22. The van der Waals surface area contributed by atoms with Crippen LogP contribution in [0.5, 0.6) is 11.5 Å². The van der Waals surface area contributed by atoms with Crippen LogP contribution < -0.4 is 14.8 Å². The molecule has 0 saturated carbocycles. The summed E-state index contributed by atoms with van der Waals surface area (Å²) in [6.07, 6.45) is 2.35. The van der Waals surface area contributed by atoms with Crippen LogP contribution in [0.1, 0.15) is 46.1 Å². The first-order chi connectivity index (χ1) is 17.2. The highest BCUT2D eigenvalue weighted by molar-refractivity contribution is 5.88. The number of hydrogen-bond donors (Lipinski definition) is 1. The fourth-order valence-electron chi connectivity index (χ4n) is 4.71. The molecular formula is C29H36FN3O3. The molecule has 1 aliphatic heterocycles. The van der Waals surface area contributed by atoms with Crippen LogP contribution in [0.25, 0.3) is 22.2 Å². The number of piperidine rings is 1. The summed E-state index contributed by atoms with van der Waals surface area (Å²) in [6, 6.07) is 13.1. The Morgan fingerprint density at radius 2 is 1.86 bits per heavy atom. The van der Waals surface area contributed by atoms with E-state index in [-0.39, 0.29) is 30.2 Å². The van der Waals surface area contributed by atoms with Gasteiger partial charge in [-0.2, -0.15) is 0 Å². The van der Waals surface area contributed by atoms with Gasteiger partial charge in [-0.05, 0) is 88.6 Å². The van der Waals surface area contributed by atoms with Crippen molar-refractivity contribution in [3.05, 3.63) is 53.8 Å². The molecular weight excluding hydrogens is 457 g/mol. The van der Waals surface area contributed by atoms with E-state index in [4.69, 9.17) is 14.5 Å². The minimum absolute atomic E-state index is 0.0300. The van der Waals surface area contributed by atoms with Gasteiger partial charge in [0, 0.05) is 36.1 Å². The quantitative estimate of drug-likeness (QED) is 0.457. The van der Waals surface area contributed by atoms with Gasteiger partial charge < -0.3 is 19.7 Å². The molecule has 4 rings (SSSR count). The molecule has 0 aliphatic carbocycles. The standard InChI is InChI=1S/C29H36FN3O3/c1-18(2)31-28(34)17-22-14-21-15-24(36-23-10-12-33(13-11-23)19(3)4)7-9-26(21)32-29(22)20-6-8-25(30)27(16-20)35-5/h6-9,14-16,18-19,23H,10-13,17H2,1-5H3,(H,31,34). The van der Waals surface area contributed by atoms with E-state index in [0.29, 0.717) is 17.3 Å². The van der Waals surface area contributed by atoms with E-state index in [1.165, 1.54) is 13.2 Å². The van der Waals surface area contributed by atoms with Gasteiger partial charge in [-0.1, -0.05) is 0 Å². The number of amides is 1. The molecule has 1 aromatic heterocycles. The second kappa shape index (κ2) is 11.2. The summed E-state index contributed by atoms with van der Waals surface area (Å²) in [5, 5.41) is 3.85. The normalized spacial score (nSPS) is 15.0. The summed E-state index contributed by atoms with van der Waals surface area (Å²) < 4.78 is 25.6. The molecule has 2 heterocycles. The van der Waals surface area contributed by atoms with Crippen LogP contribution in [0.4, 0.5) is 4.39 Å². The van der Waals surface area contributed by atoms with Crippen molar-refractivity contribution in [1.29, 1.82) is 0 Å². The van der Waals surface area contributed by atoms with Crippen LogP contribution in [0.15, 0.2) is 42.5 Å². The van der Waals surface area contributed by atoms with E-state index in [0.717, 1.165) is 48.1 Å². The summed E-state index contributed by atoms with van der Waals surface area (Å²) in [6.45, 7) is 10.4. The Hall–Kier alpha value is -3.19. The Labute approximate surface area is 212 Å². The van der Waals surface area contributed by atoms with Crippen LogP contribution in [-0.2, 0) is 11.2 Å². The number of rotatable bonds is 8. The van der Waals surface area contributed by atoms with Crippen molar-refractivity contribution in [2.45, 2.75) is 65.1 Å². The van der Waals surface area contributed by atoms with Gasteiger partial charge >= 0.3 is 0 Å². The number of carbonyl (C=O) groups excluding carboxylic acids is 1. The number of fused-ring (bicyclic) bond motifs is 1. The number of halogens is 1. The van der Waals surface area contributed by atoms with Crippen LogP contribution in [0, 0.1) is 5.82 Å². The number of carbonyl (C=O) groups is 1. The minimum atomic E-state index is -0.442. The maximum Gasteiger partial charge on any atom is 0.224 e. The Kier molecular flexibility index (Phi) is 8.09. The number of methoxy groups -OCH3 is 1. The molecule has 1 saturated heterocycles. The molecule has 0 atom stereocenters. The van der Waals surface area contributed by atoms with Gasteiger partial charge in [0.2, 0.25) is 5.91 Å². The molecule has 0 spiro atoms. The van der Waals surface area contributed by atoms with Crippen molar-refractivity contribution >= 4 is 16.8 Å². The number of hydrogen-bond acceptors (Lipinski definition) is 5. The van der Waals surface area contributed by atoms with Gasteiger partial charge in [0.15, 0.2) is 11.6 Å². The lowest BCUT2D eigenvalue weighted by molar-refractivity contribution is -0.120. The van der Waals surface area contributed by atoms with Crippen LogP contribution in [0.3, 0.4) is 0 Å². The lowest BCUT2D eigenvalue weighted by Gasteiger charge is -2.34. The second-order valence-electron chi connectivity index (χ2n) is 10.0. The van der Waals surface area contributed by atoms with Crippen molar-refractivity contribution in [2.75, 3.05) is 20.2 Å². The van der Waals surface area contributed by atoms with Gasteiger partial charge in [0.25, 0.3) is 0 Å². The van der Waals surface area contributed by atoms with E-state index in [1.54, 1.807) is 12.1 Å². The molecule has 6 nitrogen and oxygen atoms in total. The van der Waals surface area contributed by atoms with Crippen LogP contribution in [0.2, 0.25) is 0 Å². The second-order valence-corrected chi connectivity index (χ2v) is 10.0. The first-order valence-electron chi connectivity index (χ1n) is 12.7. The first-order valence-corrected chi connectivity index (χ1v) is 12.7. The zero-order valence-electron chi connectivity index (χ0n) is 21.8. The number of likely N-dealkylation sites (tertiary alicyclic amines) is 1. The Bertz CT molecular complexity index is 1220. The summed E-state index contributed by atoms with van der Waals surface area (Å²) in [5.41, 5.74) is 2.87. The monoisotopic (exact) mass is 493 g/mol. The molecule has 7 heteroatoms. The largest absolute Gasteiger partial charge is 0.494 e. The Morgan fingerprint density at radius 3 is 2.53 bits per heavy atom. The Morgan fingerprint density at radius 1 is 1.11 bits per heavy atom. The molecule has 2 aromatic carbocycles. The summed E-state index contributed by atoms with van der Waals surface area (Å²) in [4.78, 5) is 20.0. The molecule has 0 bridgehead atoms. The van der Waals surface area contributed by atoms with Crippen molar-refractivity contribution in [2.24, 2.45) is 0 Å². The Balaban J connectivity index is 1.65. The summed E-state index contributed by atoms with van der Waals surface area (Å²) in [5.74, 6) is 0.410. The average Bonchev–Trinajstić information content (AvgIpc) is 2.84. The van der Waals surface area contributed by atoms with Gasteiger partial charge in [-0.15, -0.1) is 0 Å².